The zero-order valence-corrected chi connectivity index (χ0v) is 16.9. The first-order chi connectivity index (χ1) is 12.9. The highest BCUT2D eigenvalue weighted by Crippen LogP contribution is 2.35. The first kappa shape index (κ1) is 19.8. The molecule has 2 aromatic rings. The number of anilines is 2. The summed E-state index contributed by atoms with van der Waals surface area (Å²) >= 11 is 18.3. The second-order valence-corrected chi connectivity index (χ2v) is 7.43. The summed E-state index contributed by atoms with van der Waals surface area (Å²) in [6, 6.07) is 10.1. The average Bonchev–Trinajstić information content (AvgIpc) is 2.64. The Balaban J connectivity index is 1.82. The van der Waals surface area contributed by atoms with E-state index < -0.39 is 0 Å². The number of benzene rings is 2. The quantitative estimate of drug-likeness (QED) is 0.782. The van der Waals surface area contributed by atoms with Crippen LogP contribution in [0.3, 0.4) is 0 Å². The molecule has 1 aliphatic rings. The number of halogens is 3. The van der Waals surface area contributed by atoms with Crippen molar-refractivity contribution in [3.8, 4) is 0 Å². The second kappa shape index (κ2) is 8.38. The van der Waals surface area contributed by atoms with Crippen molar-refractivity contribution >= 4 is 58.0 Å². The Morgan fingerprint density at radius 3 is 2.26 bits per heavy atom. The van der Waals surface area contributed by atoms with Crippen LogP contribution in [0.2, 0.25) is 15.1 Å². The zero-order chi connectivity index (χ0) is 19.6. The highest BCUT2D eigenvalue weighted by molar-refractivity contribution is 6.42. The Morgan fingerprint density at radius 1 is 0.926 bits per heavy atom. The fourth-order valence-electron chi connectivity index (χ4n) is 3.01. The number of carbonyl (C=O) groups excluding carboxylic acids is 2. The minimum Gasteiger partial charge on any atom is -0.365 e. The third-order valence-corrected chi connectivity index (χ3v) is 5.50. The molecule has 0 bridgehead atoms. The van der Waals surface area contributed by atoms with Crippen molar-refractivity contribution in [2.75, 3.05) is 36.4 Å². The smallest absolute Gasteiger partial charge is 0.255 e. The maximum Gasteiger partial charge on any atom is 0.255 e. The molecule has 2 amide bonds. The molecule has 1 fully saturated rings. The Hall–Kier alpha value is -1.95. The highest BCUT2D eigenvalue weighted by Gasteiger charge is 2.23. The van der Waals surface area contributed by atoms with Crippen LogP contribution >= 0.6 is 34.8 Å². The van der Waals surface area contributed by atoms with Crippen LogP contribution in [0.25, 0.3) is 0 Å². The third kappa shape index (κ3) is 4.49. The predicted octanol–water partition coefficient (Wildman–Crippen LogP) is 4.57. The summed E-state index contributed by atoms with van der Waals surface area (Å²) in [6.07, 6.45) is 0. The molecule has 0 saturated carbocycles. The van der Waals surface area contributed by atoms with Gasteiger partial charge in [0.25, 0.3) is 5.91 Å². The molecule has 0 atom stereocenters. The first-order valence-corrected chi connectivity index (χ1v) is 9.55. The van der Waals surface area contributed by atoms with E-state index in [0.29, 0.717) is 52.5 Å². The molecule has 1 saturated heterocycles. The number of carbonyl (C=O) groups is 2. The summed E-state index contributed by atoms with van der Waals surface area (Å²) in [5.41, 5.74) is 1.75. The van der Waals surface area contributed by atoms with Crippen LogP contribution in [0, 0.1) is 0 Å². The van der Waals surface area contributed by atoms with E-state index in [2.05, 4.69) is 10.2 Å². The first-order valence-electron chi connectivity index (χ1n) is 8.42. The van der Waals surface area contributed by atoms with Crippen molar-refractivity contribution in [1.29, 1.82) is 0 Å². The van der Waals surface area contributed by atoms with Crippen LogP contribution < -0.4 is 10.2 Å². The van der Waals surface area contributed by atoms with Crippen molar-refractivity contribution in [2.45, 2.75) is 6.92 Å². The van der Waals surface area contributed by atoms with E-state index in [1.165, 1.54) is 6.07 Å². The van der Waals surface area contributed by atoms with Gasteiger partial charge in [-0.05, 0) is 30.3 Å². The fraction of sp³-hybridized carbons (Fsp3) is 0.263. The molecule has 8 heteroatoms. The van der Waals surface area contributed by atoms with Crippen LogP contribution in [0.5, 0.6) is 0 Å². The van der Waals surface area contributed by atoms with Gasteiger partial charge in [0.15, 0.2) is 0 Å². The fourth-order valence-corrected chi connectivity index (χ4v) is 3.61. The number of nitrogens with one attached hydrogen (secondary N) is 1. The molecule has 0 spiro atoms. The van der Waals surface area contributed by atoms with Gasteiger partial charge in [-0.25, -0.2) is 0 Å². The van der Waals surface area contributed by atoms with Gasteiger partial charge in [-0.1, -0.05) is 40.9 Å². The van der Waals surface area contributed by atoms with Gasteiger partial charge in [-0.15, -0.1) is 0 Å². The van der Waals surface area contributed by atoms with Crippen LogP contribution in [0.15, 0.2) is 36.4 Å². The van der Waals surface area contributed by atoms with E-state index in [-0.39, 0.29) is 11.8 Å². The van der Waals surface area contributed by atoms with Gasteiger partial charge in [0.2, 0.25) is 5.91 Å². The van der Waals surface area contributed by atoms with Crippen molar-refractivity contribution in [3.63, 3.8) is 0 Å². The van der Waals surface area contributed by atoms with Gasteiger partial charge in [0.1, 0.15) is 0 Å². The van der Waals surface area contributed by atoms with Gasteiger partial charge < -0.3 is 15.1 Å². The number of amides is 2. The minimum absolute atomic E-state index is 0.0574. The lowest BCUT2D eigenvalue weighted by atomic mass is 10.1. The summed E-state index contributed by atoms with van der Waals surface area (Å²) in [4.78, 5) is 28.0. The number of para-hydroxylation sites is 1. The Labute approximate surface area is 172 Å². The summed E-state index contributed by atoms with van der Waals surface area (Å²) in [6.45, 7) is 4.06. The van der Waals surface area contributed by atoms with Crippen LogP contribution in [0.4, 0.5) is 11.4 Å². The number of rotatable bonds is 3. The highest BCUT2D eigenvalue weighted by atomic mass is 35.5. The maximum atomic E-state index is 12.6. The second-order valence-electron chi connectivity index (χ2n) is 6.21. The molecule has 5 nitrogen and oxygen atoms in total. The standard InChI is InChI=1S/C19H18Cl3N3O2/c1-12(26)24-7-9-25(10-8-24)18-15(21)3-2-4-17(18)23-19(27)13-5-6-14(20)16(22)11-13/h2-6,11H,7-10H2,1H3,(H,23,27). The van der Waals surface area contributed by atoms with Gasteiger partial charge in [0, 0.05) is 38.7 Å². The van der Waals surface area contributed by atoms with Crippen molar-refractivity contribution in [1.82, 2.24) is 4.90 Å². The van der Waals surface area contributed by atoms with Gasteiger partial charge in [0.05, 0.1) is 26.4 Å². The molecule has 27 heavy (non-hydrogen) atoms. The lowest BCUT2D eigenvalue weighted by molar-refractivity contribution is -0.129. The summed E-state index contributed by atoms with van der Waals surface area (Å²) in [5, 5.41) is 4.14. The molecular formula is C19H18Cl3N3O2. The van der Waals surface area contributed by atoms with E-state index in [0.717, 1.165) is 5.69 Å². The Bertz CT molecular complexity index is 880. The normalized spacial score (nSPS) is 14.2. The van der Waals surface area contributed by atoms with Crippen molar-refractivity contribution < 1.29 is 9.59 Å². The van der Waals surface area contributed by atoms with E-state index >= 15 is 0 Å². The van der Waals surface area contributed by atoms with Crippen molar-refractivity contribution in [2.24, 2.45) is 0 Å². The Kier molecular flexibility index (Phi) is 6.15. The Morgan fingerprint density at radius 2 is 1.63 bits per heavy atom. The van der Waals surface area contributed by atoms with Crippen LogP contribution in [-0.2, 0) is 4.79 Å². The van der Waals surface area contributed by atoms with Crippen LogP contribution in [-0.4, -0.2) is 42.9 Å². The van der Waals surface area contributed by atoms with E-state index in [4.69, 9.17) is 34.8 Å². The van der Waals surface area contributed by atoms with Gasteiger partial charge >= 0.3 is 0 Å². The monoisotopic (exact) mass is 425 g/mol. The van der Waals surface area contributed by atoms with E-state index in [9.17, 15) is 9.59 Å². The maximum absolute atomic E-state index is 12.6. The molecule has 142 valence electrons. The average molecular weight is 427 g/mol. The van der Waals surface area contributed by atoms with Crippen molar-refractivity contribution in [3.05, 3.63) is 57.0 Å². The van der Waals surface area contributed by atoms with E-state index in [1.54, 1.807) is 42.2 Å². The molecular weight excluding hydrogens is 409 g/mol. The molecule has 1 heterocycles. The van der Waals surface area contributed by atoms with E-state index in [1.807, 2.05) is 0 Å². The molecule has 1 N–H and O–H groups in total. The molecule has 0 radical (unpaired) electrons. The largest absolute Gasteiger partial charge is 0.365 e. The predicted molar refractivity (Wildman–Crippen MR) is 110 cm³/mol. The SMILES string of the molecule is CC(=O)N1CCN(c2c(Cl)cccc2NC(=O)c2ccc(Cl)c(Cl)c2)CC1. The van der Waals surface area contributed by atoms with Gasteiger partial charge in [-0.2, -0.15) is 0 Å². The van der Waals surface area contributed by atoms with Crippen LogP contribution in [0.1, 0.15) is 17.3 Å². The number of piperazine rings is 1. The number of hydrogen-bond acceptors (Lipinski definition) is 3. The summed E-state index contributed by atoms with van der Waals surface area (Å²) < 4.78 is 0. The minimum atomic E-state index is -0.306. The summed E-state index contributed by atoms with van der Waals surface area (Å²) in [7, 11) is 0. The molecule has 3 rings (SSSR count). The van der Waals surface area contributed by atoms with Gasteiger partial charge in [-0.3, -0.25) is 9.59 Å². The lowest BCUT2D eigenvalue weighted by Crippen LogP contribution is -2.48. The molecule has 1 aliphatic heterocycles. The molecule has 0 aliphatic carbocycles. The zero-order valence-electron chi connectivity index (χ0n) is 14.6. The molecule has 0 aromatic heterocycles. The number of nitrogens with zero attached hydrogens (tertiary/aromatic N) is 2. The summed E-state index contributed by atoms with van der Waals surface area (Å²) in [5.74, 6) is -0.249. The topological polar surface area (TPSA) is 52.7 Å². The number of hydrogen-bond donors (Lipinski definition) is 1. The molecule has 0 unspecified atom stereocenters. The molecule has 2 aromatic carbocycles. The lowest BCUT2D eigenvalue weighted by Gasteiger charge is -2.37. The third-order valence-electron chi connectivity index (χ3n) is 4.46.